The van der Waals surface area contributed by atoms with Gasteiger partial charge in [0.05, 0.1) is 0 Å². The highest BCUT2D eigenvalue weighted by atomic mass is 32.3. The summed E-state index contributed by atoms with van der Waals surface area (Å²) in [6, 6.07) is 0. The largest absolute Gasteiger partial charge is 0.425 e. The van der Waals surface area contributed by atoms with Crippen LogP contribution in [0.15, 0.2) is 0 Å². The molecule has 0 spiro atoms. The van der Waals surface area contributed by atoms with E-state index >= 15 is 0 Å². The minimum absolute atomic E-state index is 0. The van der Waals surface area contributed by atoms with Gasteiger partial charge in [-0.05, 0) is 0 Å². The van der Waals surface area contributed by atoms with E-state index in [2.05, 4.69) is 43.3 Å². The van der Waals surface area contributed by atoms with E-state index in [9.17, 15) is 84.2 Å². The van der Waals surface area contributed by atoms with Gasteiger partial charge < -0.3 is 12.3 Å². The van der Waals surface area contributed by atoms with Crippen molar-refractivity contribution in [3.8, 4) is 0 Å². The molecule has 0 fully saturated rings. The molecule has 52 heteroatoms. The van der Waals surface area contributed by atoms with Crippen LogP contribution in [0.4, 0.5) is 0 Å². The lowest BCUT2D eigenvalue weighted by Crippen LogP contribution is -2.10. The molecule has 0 bridgehead atoms. The van der Waals surface area contributed by atoms with Gasteiger partial charge in [0.15, 0.2) is 0 Å². The Morgan fingerprint density at radius 3 is 0.231 bits per heavy atom. The first-order chi connectivity index (χ1) is 21.0. The summed E-state index contributed by atoms with van der Waals surface area (Å²) in [4.78, 5) is 0. The van der Waals surface area contributed by atoms with Crippen LogP contribution in [0.2, 0.25) is 0 Å². The fourth-order valence-electron chi connectivity index (χ4n) is 0.351. The number of rotatable bonds is 15. The van der Waals surface area contributed by atoms with Gasteiger partial charge in [-0.3, -0.25) is 45.5 Å². The molecule has 0 atom stereocenters. The second-order valence-electron chi connectivity index (χ2n) is 4.96. The van der Waals surface area contributed by atoms with Crippen molar-refractivity contribution in [3.63, 3.8) is 0 Å². The fraction of sp³-hybridized carbons (Fsp3) is 0. The normalized spacial score (nSPS) is 12.9. The van der Waals surface area contributed by atoms with Gasteiger partial charge in [-0.25, -0.2) is 0 Å². The predicted octanol–water partition coefficient (Wildman–Crippen LogP) is -6.97. The first kappa shape index (κ1) is 65.5. The molecule has 52 heavy (non-hydrogen) atoms. The summed E-state index contributed by atoms with van der Waals surface area (Å²) in [5.41, 5.74) is 0. The molecular weight excluding hydrogens is 989 g/mol. The molecule has 0 unspecified atom stereocenters. The molecule has 0 aliphatic heterocycles. The maximum atomic E-state index is 9.51. The van der Waals surface area contributed by atoms with Crippen LogP contribution < -0.4 is 12.3 Å². The van der Waals surface area contributed by atoms with Gasteiger partial charge in [0.2, 0.25) is 0 Å². The van der Waals surface area contributed by atoms with E-state index in [1.165, 1.54) is 0 Å². The van der Waals surface area contributed by atoms with Gasteiger partial charge in [0.25, 0.3) is 0 Å². The van der Waals surface area contributed by atoms with E-state index < -0.39 is 104 Å². The van der Waals surface area contributed by atoms with Crippen molar-refractivity contribution in [3.05, 3.63) is 0 Å². The molecule has 0 radical (unpaired) electrons. The fourth-order valence-corrected chi connectivity index (χ4v) is 3.16. The molecule has 0 aliphatic rings. The van der Waals surface area contributed by atoms with Crippen LogP contribution in [-0.2, 0) is 147 Å². The summed E-state index contributed by atoms with van der Waals surface area (Å²) in [5, 5.41) is 0. The Hall–Kier alpha value is -1.38. The lowest BCUT2D eigenvalue weighted by atomic mass is 14.0. The molecule has 326 valence electrons. The van der Waals surface area contributed by atoms with Crippen LogP contribution >= 0.6 is 0 Å². The van der Waals surface area contributed by atoms with Crippen molar-refractivity contribution in [1.29, 1.82) is 0 Å². The highest BCUT2D eigenvalue weighted by Crippen LogP contribution is 1.95. The maximum Gasteiger partial charge on any atom is 0.425 e. The predicted molar refractivity (Wildman–Crippen MR) is 136 cm³/mol. The van der Waals surface area contributed by atoms with Crippen molar-refractivity contribution in [2.45, 2.75) is 0 Å². The molecule has 0 saturated heterocycles. The molecule has 0 aliphatic carbocycles. The van der Waals surface area contributed by atoms with Crippen LogP contribution in [0.1, 0.15) is 0 Å². The lowest BCUT2D eigenvalue weighted by molar-refractivity contribution is -0.105. The molecule has 0 aromatic heterocycles. The van der Waals surface area contributed by atoms with E-state index in [1.807, 2.05) is 0 Å². The summed E-state index contributed by atoms with van der Waals surface area (Å²) < 4.78 is 294. The van der Waals surface area contributed by atoms with Crippen LogP contribution in [0.25, 0.3) is 0 Å². The molecule has 42 nitrogen and oxygen atoms in total. The maximum absolute atomic E-state index is 9.51. The van der Waals surface area contributed by atoms with E-state index in [1.54, 1.807) is 0 Å². The summed E-state index contributed by atoms with van der Waals surface area (Å²) in [6.07, 6.45) is 0. The van der Waals surface area contributed by atoms with E-state index in [4.69, 9.17) is 45.5 Å². The third-order valence-corrected chi connectivity index (χ3v) is 3.83. The minimum atomic E-state index is -5.02. The van der Waals surface area contributed by atoms with Crippen molar-refractivity contribution >= 4 is 104 Å². The summed E-state index contributed by atoms with van der Waals surface area (Å²) >= 11 is 0. The lowest BCUT2D eigenvalue weighted by Gasteiger charge is -1.92. The standard InChI is InChI=1S/2H3N.5H2O8S2/c;;5*1-9(2,3)7-8-10(4,5)6/h2*1H3;5*(H,1,2,3)(H,4,5,6). The van der Waals surface area contributed by atoms with E-state index in [0.717, 1.165) is 0 Å². The number of hydrogen-bond donors (Lipinski definition) is 12. The average molecular weight is 1000 g/mol. The first-order valence-electron chi connectivity index (χ1n) is 7.66. The average Bonchev–Trinajstić information content (AvgIpc) is 2.75. The zero-order valence-electron chi connectivity index (χ0n) is 22.2. The quantitative estimate of drug-likeness (QED) is 0.0412. The Bertz CT molecular complexity index is 1600. The highest BCUT2D eigenvalue weighted by molar-refractivity contribution is 7.84. The second-order valence-corrected chi connectivity index (χ2v) is 14.9. The first-order valence-corrected chi connectivity index (χ1v) is 21.3. The van der Waals surface area contributed by atoms with Gasteiger partial charge in [-0.1, -0.05) is 43.3 Å². The van der Waals surface area contributed by atoms with Gasteiger partial charge in [-0.15, -0.1) is 0 Å². The van der Waals surface area contributed by atoms with Crippen molar-refractivity contribution < 1.29 is 173 Å². The molecule has 0 saturated carbocycles. The molecule has 16 N–H and O–H groups in total. The molecule has 0 aromatic carbocycles. The molecule has 0 aromatic rings. The van der Waals surface area contributed by atoms with Crippen molar-refractivity contribution in [2.24, 2.45) is 0 Å². The Balaban J connectivity index is -0.0000000964. The van der Waals surface area contributed by atoms with Crippen LogP contribution in [0, 0.1) is 0 Å². The second kappa shape index (κ2) is 24.9. The third-order valence-electron chi connectivity index (χ3n) is 0.999. The van der Waals surface area contributed by atoms with Crippen LogP contribution in [0.3, 0.4) is 0 Å². The third kappa shape index (κ3) is 97.5. The topological polar surface area (TPSA) is 706 Å². The Morgan fingerprint density at radius 2 is 0.212 bits per heavy atom. The Kier molecular flexibility index (Phi) is 31.4. The van der Waals surface area contributed by atoms with Gasteiger partial charge in [0, 0.05) is 0 Å². The zero-order valence-corrected chi connectivity index (χ0v) is 30.4. The van der Waals surface area contributed by atoms with Gasteiger partial charge >= 0.3 is 104 Å². The number of hydrogen-bond acceptors (Lipinski definition) is 32. The molecular formula is H16N2O40S10. The molecule has 0 heterocycles. The smallest absolute Gasteiger partial charge is 0.344 e. The van der Waals surface area contributed by atoms with Gasteiger partial charge in [-0.2, -0.15) is 84.2 Å². The minimum Gasteiger partial charge on any atom is -0.344 e. The monoisotopic (exact) mass is 1000 g/mol. The van der Waals surface area contributed by atoms with E-state index in [0.29, 0.717) is 0 Å². The van der Waals surface area contributed by atoms with Crippen LogP contribution in [0.5, 0.6) is 0 Å². The zero-order chi connectivity index (χ0) is 42.1. The Labute approximate surface area is 288 Å². The summed E-state index contributed by atoms with van der Waals surface area (Å²) in [7, 11) is -50.2. The molecule has 0 amide bonds. The Morgan fingerprint density at radius 1 is 0.173 bits per heavy atom. The highest BCUT2D eigenvalue weighted by Gasteiger charge is 2.16. The SMILES string of the molecule is N.N.O=S(=O)(O)OOS(=O)(=O)O.O=S(=O)(O)OOS(=O)(=O)O.O=S(=O)(O)OOS(=O)(=O)O.O=S(=O)(O)OOS(=O)(=O)O.O=S(=O)(O)OOS(=O)(=O)O. The molecule has 0 rings (SSSR count). The van der Waals surface area contributed by atoms with E-state index in [-0.39, 0.29) is 12.3 Å². The van der Waals surface area contributed by atoms with Crippen molar-refractivity contribution in [1.82, 2.24) is 12.3 Å². The summed E-state index contributed by atoms with van der Waals surface area (Å²) in [5.74, 6) is 0. The van der Waals surface area contributed by atoms with Crippen molar-refractivity contribution in [2.75, 3.05) is 0 Å². The van der Waals surface area contributed by atoms with Gasteiger partial charge in [0.1, 0.15) is 0 Å². The van der Waals surface area contributed by atoms with Crippen LogP contribution in [-0.4, -0.2) is 130 Å². The summed E-state index contributed by atoms with van der Waals surface area (Å²) in [6.45, 7) is 0.